The molecule has 0 bridgehead atoms. The lowest BCUT2D eigenvalue weighted by Crippen LogP contribution is -2.29. The van der Waals surface area contributed by atoms with Gasteiger partial charge in [-0.15, -0.1) is 11.3 Å². The van der Waals surface area contributed by atoms with Gasteiger partial charge in [-0.25, -0.2) is 0 Å². The van der Waals surface area contributed by atoms with E-state index in [1.165, 1.54) is 16.9 Å². The van der Waals surface area contributed by atoms with E-state index in [9.17, 15) is 4.79 Å². The normalized spacial score (nSPS) is 17.2. The quantitative estimate of drug-likeness (QED) is 0.767. The summed E-state index contributed by atoms with van der Waals surface area (Å²) in [5.74, 6) is 0.588. The molecule has 2 aromatic rings. The third-order valence-electron chi connectivity index (χ3n) is 5.81. The predicted octanol–water partition coefficient (Wildman–Crippen LogP) is 5.43. The number of aryl methyl sites for hydroxylation is 1. The molecule has 25 heavy (non-hydrogen) atoms. The number of carbonyl (C=O) groups excluding carboxylic acids is 1. The van der Waals surface area contributed by atoms with Crippen molar-refractivity contribution in [2.75, 3.05) is 11.1 Å². The fraction of sp³-hybridized carbons (Fsp3) is 0.476. The van der Waals surface area contributed by atoms with Crippen LogP contribution in [0.15, 0.2) is 24.3 Å². The number of nitrogen functional groups attached to an aromatic ring is 1. The van der Waals surface area contributed by atoms with Gasteiger partial charge >= 0.3 is 0 Å². The first-order chi connectivity index (χ1) is 11.8. The monoisotopic (exact) mass is 356 g/mol. The smallest absolute Gasteiger partial charge is 0.258 e. The summed E-state index contributed by atoms with van der Waals surface area (Å²) >= 11 is 1.61. The predicted molar refractivity (Wildman–Crippen MR) is 107 cm³/mol. The van der Waals surface area contributed by atoms with Crippen molar-refractivity contribution in [3.63, 3.8) is 0 Å². The summed E-state index contributed by atoms with van der Waals surface area (Å²) in [5, 5.41) is 3.67. The number of nitrogens with two attached hydrogens (primary N) is 1. The van der Waals surface area contributed by atoms with Crippen LogP contribution in [0, 0.1) is 18.3 Å². The van der Waals surface area contributed by atoms with Gasteiger partial charge in [0.15, 0.2) is 0 Å². The van der Waals surface area contributed by atoms with E-state index in [4.69, 9.17) is 5.73 Å². The molecule has 134 valence electrons. The number of amides is 1. The standard InChI is InChI=1S/C21H28N2OS/c1-5-21(3,4)14-9-10-16-17(12-14)25-19(22)18(16)20(24)23-15-8-6-7-13(2)11-15/h6-8,11,14H,5,9-10,12,22H2,1-4H3,(H,23,24)/t14-/m0/s1. The molecule has 1 aliphatic carbocycles. The maximum Gasteiger partial charge on any atom is 0.258 e. The van der Waals surface area contributed by atoms with Crippen molar-refractivity contribution in [2.45, 2.75) is 53.4 Å². The number of thiophene rings is 1. The molecule has 0 saturated carbocycles. The van der Waals surface area contributed by atoms with Gasteiger partial charge in [0.05, 0.1) is 10.6 Å². The van der Waals surface area contributed by atoms with Gasteiger partial charge in [-0.1, -0.05) is 39.3 Å². The van der Waals surface area contributed by atoms with Crippen LogP contribution in [0.4, 0.5) is 10.7 Å². The van der Waals surface area contributed by atoms with E-state index in [2.05, 4.69) is 26.1 Å². The van der Waals surface area contributed by atoms with Crippen LogP contribution in [0.3, 0.4) is 0 Å². The Balaban J connectivity index is 1.84. The van der Waals surface area contributed by atoms with Gasteiger partial charge < -0.3 is 11.1 Å². The molecule has 0 radical (unpaired) electrons. The number of fused-ring (bicyclic) bond motifs is 1. The summed E-state index contributed by atoms with van der Waals surface area (Å²) < 4.78 is 0. The van der Waals surface area contributed by atoms with Crippen LogP contribution in [0.5, 0.6) is 0 Å². The molecule has 0 spiro atoms. The summed E-state index contributed by atoms with van der Waals surface area (Å²) in [6.45, 7) is 8.99. The molecule has 1 aromatic carbocycles. The molecule has 3 rings (SSSR count). The number of carbonyl (C=O) groups is 1. The Morgan fingerprint density at radius 3 is 2.84 bits per heavy atom. The first kappa shape index (κ1) is 18.0. The maximum atomic E-state index is 12.8. The molecule has 1 heterocycles. The third kappa shape index (κ3) is 3.59. The van der Waals surface area contributed by atoms with Gasteiger partial charge in [0.2, 0.25) is 0 Å². The second kappa shape index (κ2) is 6.83. The third-order valence-corrected chi connectivity index (χ3v) is 6.90. The molecule has 0 aliphatic heterocycles. The van der Waals surface area contributed by atoms with Gasteiger partial charge in [0.25, 0.3) is 5.91 Å². The Labute approximate surface area is 154 Å². The fourth-order valence-electron chi connectivity index (χ4n) is 3.73. The highest BCUT2D eigenvalue weighted by molar-refractivity contribution is 7.16. The fourth-order valence-corrected chi connectivity index (χ4v) is 4.92. The lowest BCUT2D eigenvalue weighted by molar-refractivity contribution is 0.102. The molecular weight excluding hydrogens is 328 g/mol. The molecule has 1 aliphatic rings. The summed E-state index contributed by atoms with van der Waals surface area (Å²) in [4.78, 5) is 14.1. The molecule has 1 aromatic heterocycles. The van der Waals surface area contributed by atoms with E-state index in [1.54, 1.807) is 11.3 Å². The van der Waals surface area contributed by atoms with Crippen LogP contribution >= 0.6 is 11.3 Å². The van der Waals surface area contributed by atoms with Crippen molar-refractivity contribution < 1.29 is 4.79 Å². The van der Waals surface area contributed by atoms with E-state index in [0.29, 0.717) is 21.9 Å². The number of hydrogen-bond donors (Lipinski definition) is 2. The number of hydrogen-bond acceptors (Lipinski definition) is 3. The number of nitrogens with one attached hydrogen (secondary N) is 1. The Morgan fingerprint density at radius 1 is 1.40 bits per heavy atom. The summed E-state index contributed by atoms with van der Waals surface area (Å²) in [6.07, 6.45) is 4.31. The number of anilines is 2. The van der Waals surface area contributed by atoms with E-state index >= 15 is 0 Å². The molecule has 1 atom stereocenters. The zero-order chi connectivity index (χ0) is 18.2. The molecule has 4 heteroatoms. The minimum absolute atomic E-state index is 0.0752. The van der Waals surface area contributed by atoms with Crippen molar-refractivity contribution in [3.05, 3.63) is 45.8 Å². The van der Waals surface area contributed by atoms with Gasteiger partial charge in [-0.2, -0.15) is 0 Å². The summed E-state index contributed by atoms with van der Waals surface area (Å²) in [7, 11) is 0. The highest BCUT2D eigenvalue weighted by Crippen LogP contribution is 2.44. The highest BCUT2D eigenvalue weighted by Gasteiger charge is 2.34. The molecular formula is C21H28N2OS. The lowest BCUT2D eigenvalue weighted by atomic mass is 9.69. The molecule has 0 saturated heterocycles. The maximum absolute atomic E-state index is 12.8. The minimum Gasteiger partial charge on any atom is -0.390 e. The Hall–Kier alpha value is -1.81. The average molecular weight is 357 g/mol. The van der Waals surface area contributed by atoms with E-state index in [0.717, 1.165) is 30.5 Å². The van der Waals surface area contributed by atoms with Crippen molar-refractivity contribution in [1.29, 1.82) is 0 Å². The van der Waals surface area contributed by atoms with Crippen molar-refractivity contribution in [1.82, 2.24) is 0 Å². The number of benzene rings is 1. The summed E-state index contributed by atoms with van der Waals surface area (Å²) in [6, 6.07) is 7.87. The summed E-state index contributed by atoms with van der Waals surface area (Å²) in [5.41, 5.74) is 10.4. The van der Waals surface area contributed by atoms with Crippen molar-refractivity contribution >= 4 is 27.9 Å². The Kier molecular flexibility index (Phi) is 4.92. The zero-order valence-electron chi connectivity index (χ0n) is 15.6. The highest BCUT2D eigenvalue weighted by atomic mass is 32.1. The lowest BCUT2D eigenvalue weighted by Gasteiger charge is -2.36. The molecule has 3 nitrogen and oxygen atoms in total. The van der Waals surface area contributed by atoms with Gasteiger partial charge in [-0.05, 0) is 60.8 Å². The zero-order valence-corrected chi connectivity index (χ0v) is 16.4. The topological polar surface area (TPSA) is 55.1 Å². The first-order valence-electron chi connectivity index (χ1n) is 9.10. The van der Waals surface area contributed by atoms with Crippen LogP contribution in [-0.4, -0.2) is 5.91 Å². The van der Waals surface area contributed by atoms with Crippen molar-refractivity contribution in [3.8, 4) is 0 Å². The van der Waals surface area contributed by atoms with Gasteiger partial charge in [-0.3, -0.25) is 4.79 Å². The first-order valence-corrected chi connectivity index (χ1v) is 9.91. The minimum atomic E-state index is -0.0752. The molecule has 1 amide bonds. The van der Waals surface area contributed by atoms with E-state index < -0.39 is 0 Å². The van der Waals surface area contributed by atoms with Crippen molar-refractivity contribution in [2.24, 2.45) is 11.3 Å². The van der Waals surface area contributed by atoms with Crippen LogP contribution in [0.2, 0.25) is 0 Å². The average Bonchev–Trinajstić information content (AvgIpc) is 2.89. The largest absolute Gasteiger partial charge is 0.390 e. The van der Waals surface area contributed by atoms with E-state index in [1.807, 2.05) is 31.2 Å². The SMILES string of the molecule is CCC(C)(C)[C@H]1CCc2c(sc(N)c2C(=O)Nc2cccc(C)c2)C1. The molecule has 0 fully saturated rings. The van der Waals surface area contributed by atoms with Crippen LogP contribution in [0.25, 0.3) is 0 Å². The molecule has 3 N–H and O–H groups in total. The number of rotatable bonds is 4. The van der Waals surface area contributed by atoms with Crippen LogP contribution in [-0.2, 0) is 12.8 Å². The van der Waals surface area contributed by atoms with Gasteiger partial charge in [0, 0.05) is 10.6 Å². The molecule has 0 unspecified atom stereocenters. The second-order valence-electron chi connectivity index (χ2n) is 7.85. The van der Waals surface area contributed by atoms with E-state index in [-0.39, 0.29) is 5.91 Å². The van der Waals surface area contributed by atoms with Crippen LogP contribution in [0.1, 0.15) is 60.0 Å². The van der Waals surface area contributed by atoms with Gasteiger partial charge in [0.1, 0.15) is 0 Å². The van der Waals surface area contributed by atoms with Crippen LogP contribution < -0.4 is 11.1 Å². The Morgan fingerprint density at radius 2 is 2.16 bits per heavy atom. The Bertz CT molecular complexity index is 791. The second-order valence-corrected chi connectivity index (χ2v) is 8.99.